The summed E-state index contributed by atoms with van der Waals surface area (Å²) in [6.45, 7) is 1.86. The number of carbonyl (C=O) groups excluding carboxylic acids is 2. The first-order valence-corrected chi connectivity index (χ1v) is 6.97. The molecule has 10 nitrogen and oxygen atoms in total. The summed E-state index contributed by atoms with van der Waals surface area (Å²) < 4.78 is 16.3. The fourth-order valence-corrected chi connectivity index (χ4v) is 1.84. The summed E-state index contributed by atoms with van der Waals surface area (Å²) in [6, 6.07) is 1.46. The number of esters is 1. The molecular formula is C14H17N5O5. The molecule has 0 aliphatic rings. The van der Waals surface area contributed by atoms with Crippen molar-refractivity contribution >= 4 is 17.8 Å². The van der Waals surface area contributed by atoms with Crippen LogP contribution < -0.4 is 14.8 Å². The number of carbonyl (C=O) groups is 2. The zero-order chi connectivity index (χ0) is 17.7. The standard InChI is InChI=1S/C14H17N5O5/c1-5-24-13(21)8-7-19(2)18-11(8)12(20)17-14-15-9(22-3)6-10(16-14)23-4/h6-7H,5H2,1-4H3,(H,15,16,17,20). The van der Waals surface area contributed by atoms with Gasteiger partial charge >= 0.3 is 5.97 Å². The van der Waals surface area contributed by atoms with Gasteiger partial charge in [-0.3, -0.25) is 14.8 Å². The average Bonchev–Trinajstić information content (AvgIpc) is 2.96. The Bertz CT molecular complexity index is 736. The van der Waals surface area contributed by atoms with Gasteiger partial charge in [0.2, 0.25) is 17.7 Å². The number of amides is 1. The summed E-state index contributed by atoms with van der Waals surface area (Å²) in [6.07, 6.45) is 1.40. The third kappa shape index (κ3) is 3.77. The molecule has 0 saturated heterocycles. The van der Waals surface area contributed by atoms with Crippen LogP contribution in [0.4, 0.5) is 5.95 Å². The van der Waals surface area contributed by atoms with Crippen molar-refractivity contribution in [3.63, 3.8) is 0 Å². The molecule has 0 unspecified atom stereocenters. The predicted octanol–water partition coefficient (Wildman–Crippen LogP) is 0.656. The van der Waals surface area contributed by atoms with E-state index in [1.807, 2.05) is 0 Å². The Morgan fingerprint density at radius 1 is 1.21 bits per heavy atom. The highest BCUT2D eigenvalue weighted by atomic mass is 16.5. The van der Waals surface area contributed by atoms with Crippen molar-refractivity contribution in [3.05, 3.63) is 23.5 Å². The van der Waals surface area contributed by atoms with Gasteiger partial charge in [0.05, 0.1) is 26.9 Å². The highest BCUT2D eigenvalue weighted by Crippen LogP contribution is 2.18. The first-order chi connectivity index (χ1) is 11.5. The van der Waals surface area contributed by atoms with Crippen LogP contribution in [0.15, 0.2) is 12.3 Å². The van der Waals surface area contributed by atoms with Crippen LogP contribution in [-0.4, -0.2) is 52.5 Å². The molecule has 2 heterocycles. The van der Waals surface area contributed by atoms with Gasteiger partial charge < -0.3 is 14.2 Å². The lowest BCUT2D eigenvalue weighted by Gasteiger charge is -2.07. The van der Waals surface area contributed by atoms with Crippen LogP contribution >= 0.6 is 0 Å². The van der Waals surface area contributed by atoms with E-state index in [2.05, 4.69) is 20.4 Å². The van der Waals surface area contributed by atoms with E-state index in [-0.39, 0.29) is 35.6 Å². The van der Waals surface area contributed by atoms with E-state index in [9.17, 15) is 9.59 Å². The Morgan fingerprint density at radius 3 is 2.38 bits per heavy atom. The molecule has 2 aromatic rings. The van der Waals surface area contributed by atoms with Gasteiger partial charge in [0.25, 0.3) is 5.91 Å². The minimum Gasteiger partial charge on any atom is -0.481 e. The van der Waals surface area contributed by atoms with E-state index < -0.39 is 11.9 Å². The molecule has 0 aliphatic heterocycles. The molecule has 24 heavy (non-hydrogen) atoms. The van der Waals surface area contributed by atoms with Crippen molar-refractivity contribution < 1.29 is 23.8 Å². The normalized spacial score (nSPS) is 10.2. The fourth-order valence-electron chi connectivity index (χ4n) is 1.84. The summed E-state index contributed by atoms with van der Waals surface area (Å²) in [5.74, 6) is -0.918. The maximum atomic E-state index is 12.4. The Hall–Kier alpha value is -3.17. The number of methoxy groups -OCH3 is 2. The number of hydrogen-bond acceptors (Lipinski definition) is 8. The summed E-state index contributed by atoms with van der Waals surface area (Å²) in [5, 5.41) is 6.43. The van der Waals surface area contributed by atoms with Crippen LogP contribution in [0.5, 0.6) is 11.8 Å². The summed E-state index contributed by atoms with van der Waals surface area (Å²) in [5.41, 5.74) is -0.0481. The monoisotopic (exact) mass is 335 g/mol. The molecule has 0 bridgehead atoms. The number of rotatable bonds is 6. The molecule has 2 aromatic heterocycles. The van der Waals surface area contributed by atoms with E-state index in [1.54, 1.807) is 14.0 Å². The maximum absolute atomic E-state index is 12.4. The van der Waals surface area contributed by atoms with Gasteiger partial charge in [-0.05, 0) is 6.92 Å². The van der Waals surface area contributed by atoms with Crippen molar-refractivity contribution in [1.29, 1.82) is 0 Å². The number of aryl methyl sites for hydroxylation is 1. The first-order valence-electron chi connectivity index (χ1n) is 6.97. The van der Waals surface area contributed by atoms with Crippen molar-refractivity contribution in [3.8, 4) is 11.8 Å². The summed E-state index contributed by atoms with van der Waals surface area (Å²) in [7, 11) is 4.43. The highest BCUT2D eigenvalue weighted by molar-refractivity contribution is 6.09. The van der Waals surface area contributed by atoms with Gasteiger partial charge in [-0.1, -0.05) is 0 Å². The molecule has 0 spiro atoms. The van der Waals surface area contributed by atoms with Crippen molar-refractivity contribution in [2.24, 2.45) is 7.05 Å². The van der Waals surface area contributed by atoms with Crippen molar-refractivity contribution in [1.82, 2.24) is 19.7 Å². The lowest BCUT2D eigenvalue weighted by Crippen LogP contribution is -2.19. The third-order valence-corrected chi connectivity index (χ3v) is 2.86. The van der Waals surface area contributed by atoms with Crippen LogP contribution in [0, 0.1) is 0 Å². The van der Waals surface area contributed by atoms with E-state index in [4.69, 9.17) is 14.2 Å². The Balaban J connectivity index is 2.29. The van der Waals surface area contributed by atoms with Gasteiger partial charge in [-0.25, -0.2) is 4.79 Å². The van der Waals surface area contributed by atoms with Gasteiger partial charge in [0.1, 0.15) is 5.56 Å². The number of anilines is 1. The maximum Gasteiger partial charge on any atom is 0.342 e. The number of aromatic nitrogens is 4. The second-order valence-electron chi connectivity index (χ2n) is 4.52. The zero-order valence-corrected chi connectivity index (χ0v) is 13.7. The average molecular weight is 335 g/mol. The van der Waals surface area contributed by atoms with Crippen molar-refractivity contribution in [2.45, 2.75) is 6.92 Å². The molecule has 2 rings (SSSR count). The van der Waals surface area contributed by atoms with Crippen LogP contribution in [-0.2, 0) is 11.8 Å². The summed E-state index contributed by atoms with van der Waals surface area (Å²) >= 11 is 0. The molecule has 0 aliphatic carbocycles. The van der Waals surface area contributed by atoms with Gasteiger partial charge in [-0.2, -0.15) is 15.1 Å². The molecule has 0 atom stereocenters. The summed E-state index contributed by atoms with van der Waals surface area (Å²) in [4.78, 5) is 32.3. The fraction of sp³-hybridized carbons (Fsp3) is 0.357. The molecule has 0 fully saturated rings. The van der Waals surface area contributed by atoms with Crippen molar-refractivity contribution in [2.75, 3.05) is 26.1 Å². The molecule has 0 radical (unpaired) electrons. The SMILES string of the molecule is CCOC(=O)c1cn(C)nc1C(=O)Nc1nc(OC)cc(OC)n1. The molecular weight excluding hydrogens is 318 g/mol. The Labute approximate surface area is 137 Å². The second kappa shape index (κ2) is 7.40. The second-order valence-corrected chi connectivity index (χ2v) is 4.52. The number of nitrogens with one attached hydrogen (secondary N) is 1. The molecule has 128 valence electrons. The third-order valence-electron chi connectivity index (χ3n) is 2.86. The number of nitrogens with zero attached hydrogens (tertiary/aromatic N) is 4. The van der Waals surface area contributed by atoms with Crippen LogP contribution in [0.2, 0.25) is 0 Å². The Morgan fingerprint density at radius 2 is 1.83 bits per heavy atom. The largest absolute Gasteiger partial charge is 0.481 e. The van der Waals surface area contributed by atoms with Crippen LogP contribution in [0.1, 0.15) is 27.8 Å². The van der Waals surface area contributed by atoms with E-state index in [0.29, 0.717) is 0 Å². The minimum absolute atomic E-state index is 0.0448. The van der Waals surface area contributed by atoms with Crippen LogP contribution in [0.3, 0.4) is 0 Å². The molecule has 1 N–H and O–H groups in total. The number of ether oxygens (including phenoxy) is 3. The lowest BCUT2D eigenvalue weighted by atomic mass is 10.2. The lowest BCUT2D eigenvalue weighted by molar-refractivity contribution is 0.0523. The van der Waals surface area contributed by atoms with Gasteiger partial charge in [0.15, 0.2) is 5.69 Å². The van der Waals surface area contributed by atoms with E-state index in [0.717, 1.165) is 0 Å². The Kier molecular flexibility index (Phi) is 5.30. The highest BCUT2D eigenvalue weighted by Gasteiger charge is 2.23. The molecule has 1 amide bonds. The molecule has 0 saturated carbocycles. The quantitative estimate of drug-likeness (QED) is 0.765. The first kappa shape index (κ1) is 17.2. The zero-order valence-electron chi connectivity index (χ0n) is 13.7. The molecule has 10 heteroatoms. The predicted molar refractivity (Wildman–Crippen MR) is 82.3 cm³/mol. The van der Waals surface area contributed by atoms with Gasteiger partial charge in [-0.15, -0.1) is 0 Å². The molecule has 0 aromatic carbocycles. The minimum atomic E-state index is -0.658. The van der Waals surface area contributed by atoms with E-state index in [1.165, 1.54) is 31.2 Å². The van der Waals surface area contributed by atoms with E-state index >= 15 is 0 Å². The number of hydrogen-bond donors (Lipinski definition) is 1. The van der Waals surface area contributed by atoms with Crippen LogP contribution in [0.25, 0.3) is 0 Å². The van der Waals surface area contributed by atoms with Gasteiger partial charge in [0, 0.05) is 13.2 Å². The smallest absolute Gasteiger partial charge is 0.342 e. The topological polar surface area (TPSA) is 117 Å².